The van der Waals surface area contributed by atoms with E-state index in [-0.39, 0.29) is 6.79 Å². The lowest BCUT2D eigenvalue weighted by Gasteiger charge is -2.03. The van der Waals surface area contributed by atoms with Crippen molar-refractivity contribution in [3.63, 3.8) is 0 Å². The number of hydrogen-bond acceptors (Lipinski definition) is 7. The lowest BCUT2D eigenvalue weighted by atomic mass is 10.2. The second-order valence-corrected chi connectivity index (χ2v) is 5.43. The molecule has 1 aliphatic heterocycles. The number of anilines is 1. The Morgan fingerprint density at radius 1 is 1.12 bits per heavy atom. The fourth-order valence-corrected chi connectivity index (χ4v) is 2.70. The molecule has 24 heavy (non-hydrogen) atoms. The number of hydrazone groups is 1. The van der Waals surface area contributed by atoms with Crippen LogP contribution in [0.5, 0.6) is 11.5 Å². The number of hydrogen-bond donors (Lipinski definition) is 2. The van der Waals surface area contributed by atoms with Crippen LogP contribution in [0.25, 0.3) is 11.0 Å². The van der Waals surface area contributed by atoms with Gasteiger partial charge < -0.3 is 14.8 Å². The Hall–Kier alpha value is -3.20. The van der Waals surface area contributed by atoms with Gasteiger partial charge in [0.1, 0.15) is 11.0 Å². The standard InChI is InChI=1S/C15H11N5O3S/c21-15(17-10-2-3-11-12(6-10)20-24-19-11)18-16-7-9-1-4-13-14(5-9)23-8-22-13/h1-7H,8H2,(H2,17,18,21)/b16-7+. The van der Waals surface area contributed by atoms with Crippen molar-refractivity contribution in [2.24, 2.45) is 5.10 Å². The van der Waals surface area contributed by atoms with E-state index in [1.165, 1.54) is 6.21 Å². The molecule has 2 heterocycles. The number of nitrogens with one attached hydrogen (secondary N) is 2. The average Bonchev–Trinajstić information content (AvgIpc) is 3.22. The zero-order valence-corrected chi connectivity index (χ0v) is 13.0. The van der Waals surface area contributed by atoms with Crippen LogP contribution >= 0.6 is 11.7 Å². The van der Waals surface area contributed by atoms with Crippen molar-refractivity contribution in [1.82, 2.24) is 14.2 Å². The van der Waals surface area contributed by atoms with Gasteiger partial charge in [0.2, 0.25) is 6.79 Å². The van der Waals surface area contributed by atoms with Gasteiger partial charge in [-0.2, -0.15) is 13.8 Å². The fraction of sp³-hybridized carbons (Fsp3) is 0.0667. The Morgan fingerprint density at radius 2 is 2.00 bits per heavy atom. The number of aromatic nitrogens is 2. The van der Waals surface area contributed by atoms with Gasteiger partial charge in [-0.3, -0.25) is 0 Å². The molecule has 2 N–H and O–H groups in total. The molecule has 0 atom stereocenters. The summed E-state index contributed by atoms with van der Waals surface area (Å²) >= 11 is 1.13. The normalized spacial score (nSPS) is 12.7. The van der Waals surface area contributed by atoms with Crippen molar-refractivity contribution < 1.29 is 14.3 Å². The summed E-state index contributed by atoms with van der Waals surface area (Å²) in [6.45, 7) is 0.218. The van der Waals surface area contributed by atoms with Crippen molar-refractivity contribution in [2.75, 3.05) is 12.1 Å². The third-order valence-electron chi connectivity index (χ3n) is 3.29. The second-order valence-electron chi connectivity index (χ2n) is 4.90. The maximum Gasteiger partial charge on any atom is 0.339 e. The van der Waals surface area contributed by atoms with Crippen LogP contribution in [-0.2, 0) is 0 Å². The van der Waals surface area contributed by atoms with Crippen molar-refractivity contribution in [2.45, 2.75) is 0 Å². The Morgan fingerprint density at radius 3 is 2.96 bits per heavy atom. The highest BCUT2D eigenvalue weighted by molar-refractivity contribution is 7.00. The minimum atomic E-state index is -0.450. The van der Waals surface area contributed by atoms with Gasteiger partial charge in [0.05, 0.1) is 17.9 Å². The Bertz CT molecular complexity index is 940. The van der Waals surface area contributed by atoms with E-state index in [1.807, 2.05) is 6.07 Å². The third kappa shape index (κ3) is 2.97. The predicted molar refractivity (Wildman–Crippen MR) is 89.7 cm³/mol. The molecule has 0 unspecified atom stereocenters. The molecule has 3 aromatic rings. The molecule has 8 nitrogen and oxygen atoms in total. The monoisotopic (exact) mass is 341 g/mol. The highest BCUT2D eigenvalue weighted by Crippen LogP contribution is 2.31. The molecule has 9 heteroatoms. The van der Waals surface area contributed by atoms with E-state index in [4.69, 9.17) is 9.47 Å². The summed E-state index contributed by atoms with van der Waals surface area (Å²) in [5.74, 6) is 1.36. The van der Waals surface area contributed by atoms with E-state index < -0.39 is 6.03 Å². The Kier molecular flexibility index (Phi) is 3.67. The van der Waals surface area contributed by atoms with Crippen molar-refractivity contribution in [3.05, 3.63) is 42.0 Å². The number of ether oxygens (including phenoxy) is 2. The number of fused-ring (bicyclic) bond motifs is 2. The highest BCUT2D eigenvalue weighted by Gasteiger charge is 2.12. The van der Waals surface area contributed by atoms with Gasteiger partial charge in [0.15, 0.2) is 11.5 Å². The lowest BCUT2D eigenvalue weighted by molar-refractivity contribution is 0.174. The van der Waals surface area contributed by atoms with E-state index >= 15 is 0 Å². The summed E-state index contributed by atoms with van der Waals surface area (Å²) in [5.41, 5.74) is 5.34. The number of amides is 2. The first-order valence-electron chi connectivity index (χ1n) is 7.00. The third-order valence-corrected chi connectivity index (χ3v) is 3.84. The molecule has 0 spiro atoms. The van der Waals surface area contributed by atoms with Crippen molar-refractivity contribution in [3.8, 4) is 11.5 Å². The van der Waals surface area contributed by atoms with Gasteiger partial charge in [-0.05, 0) is 42.0 Å². The zero-order valence-electron chi connectivity index (χ0n) is 12.2. The summed E-state index contributed by atoms with van der Waals surface area (Å²) in [7, 11) is 0. The zero-order chi connectivity index (χ0) is 16.4. The van der Waals surface area contributed by atoms with Gasteiger partial charge >= 0.3 is 6.03 Å². The number of carbonyl (C=O) groups is 1. The van der Waals surface area contributed by atoms with Crippen LogP contribution in [0.2, 0.25) is 0 Å². The van der Waals surface area contributed by atoms with E-state index in [0.29, 0.717) is 17.2 Å². The predicted octanol–water partition coefficient (Wildman–Crippen LogP) is 2.58. The minimum Gasteiger partial charge on any atom is -0.454 e. The number of urea groups is 1. The van der Waals surface area contributed by atoms with Gasteiger partial charge in [-0.15, -0.1) is 0 Å². The second kappa shape index (κ2) is 6.13. The summed E-state index contributed by atoms with van der Waals surface area (Å²) in [6, 6.07) is 10.2. The van der Waals surface area contributed by atoms with Gasteiger partial charge in [-0.25, -0.2) is 10.2 Å². The van der Waals surface area contributed by atoms with Gasteiger partial charge in [-0.1, -0.05) is 0 Å². The lowest BCUT2D eigenvalue weighted by Crippen LogP contribution is -2.24. The molecule has 0 saturated heterocycles. The number of nitrogens with zero attached hydrogens (tertiary/aromatic N) is 3. The molecule has 0 fully saturated rings. The number of benzene rings is 2. The molecule has 2 amide bonds. The molecule has 0 saturated carbocycles. The van der Waals surface area contributed by atoms with Crippen molar-refractivity contribution >= 4 is 40.7 Å². The number of rotatable bonds is 3. The molecule has 1 aliphatic rings. The first-order valence-corrected chi connectivity index (χ1v) is 7.73. The quantitative estimate of drug-likeness (QED) is 0.564. The van der Waals surface area contributed by atoms with Crippen LogP contribution < -0.4 is 20.2 Å². The smallest absolute Gasteiger partial charge is 0.339 e. The number of carbonyl (C=O) groups excluding carboxylic acids is 1. The van der Waals surface area contributed by atoms with E-state index in [1.54, 1.807) is 30.3 Å². The molecular weight excluding hydrogens is 330 g/mol. The summed E-state index contributed by atoms with van der Waals surface area (Å²) in [6.07, 6.45) is 1.52. The average molecular weight is 341 g/mol. The molecule has 0 radical (unpaired) electrons. The van der Waals surface area contributed by atoms with E-state index in [9.17, 15) is 4.79 Å². The maximum absolute atomic E-state index is 11.9. The molecule has 4 rings (SSSR count). The van der Waals surface area contributed by atoms with Crippen LogP contribution in [0.4, 0.5) is 10.5 Å². The Balaban J connectivity index is 1.37. The molecule has 1 aromatic heterocycles. The van der Waals surface area contributed by atoms with E-state index in [0.717, 1.165) is 28.3 Å². The van der Waals surface area contributed by atoms with Crippen LogP contribution in [0.3, 0.4) is 0 Å². The Labute approximate surface area is 140 Å². The maximum atomic E-state index is 11.9. The van der Waals surface area contributed by atoms with Gasteiger partial charge in [0, 0.05) is 5.69 Å². The molecule has 2 aromatic carbocycles. The van der Waals surface area contributed by atoms with Crippen molar-refractivity contribution in [1.29, 1.82) is 0 Å². The first-order chi connectivity index (χ1) is 11.8. The minimum absolute atomic E-state index is 0.218. The molecule has 0 bridgehead atoms. The van der Waals surface area contributed by atoms with E-state index in [2.05, 4.69) is 24.6 Å². The fourth-order valence-electron chi connectivity index (χ4n) is 2.18. The summed E-state index contributed by atoms with van der Waals surface area (Å²) in [4.78, 5) is 11.9. The van der Waals surface area contributed by atoms with Crippen LogP contribution in [0.15, 0.2) is 41.5 Å². The highest BCUT2D eigenvalue weighted by atomic mass is 32.1. The molecular formula is C15H11N5O3S. The SMILES string of the molecule is O=C(N/N=C/c1ccc2c(c1)OCO2)Nc1ccc2nsnc2c1. The topological polar surface area (TPSA) is 97.7 Å². The van der Waals surface area contributed by atoms with Crippen LogP contribution in [-0.4, -0.2) is 27.8 Å². The summed E-state index contributed by atoms with van der Waals surface area (Å²) < 4.78 is 18.7. The molecule has 0 aliphatic carbocycles. The van der Waals surface area contributed by atoms with Gasteiger partial charge in [0.25, 0.3) is 0 Å². The molecule has 120 valence electrons. The first kappa shape index (κ1) is 14.4. The largest absolute Gasteiger partial charge is 0.454 e. The van der Waals surface area contributed by atoms with Crippen LogP contribution in [0.1, 0.15) is 5.56 Å². The summed E-state index contributed by atoms with van der Waals surface area (Å²) in [5, 5.41) is 6.59. The van der Waals surface area contributed by atoms with Crippen LogP contribution in [0, 0.1) is 0 Å².